The number of ether oxygens (including phenoxy) is 1. The molecule has 114 valence electrons. The molecule has 0 unspecified atom stereocenters. The molecule has 1 aromatic carbocycles. The van der Waals surface area contributed by atoms with Gasteiger partial charge in [-0.15, -0.1) is 0 Å². The molecule has 22 heavy (non-hydrogen) atoms. The fourth-order valence-electron chi connectivity index (χ4n) is 4.15. The summed E-state index contributed by atoms with van der Waals surface area (Å²) in [5.74, 6) is 0.178. The van der Waals surface area contributed by atoms with E-state index in [4.69, 9.17) is 16.3 Å². The number of anilines is 1. The van der Waals surface area contributed by atoms with Crippen molar-refractivity contribution in [3.63, 3.8) is 0 Å². The molecule has 1 saturated carbocycles. The molecule has 1 saturated heterocycles. The molecular formula is C17H16ClNO3. The average molecular weight is 318 g/mol. The van der Waals surface area contributed by atoms with Crippen LogP contribution in [0.25, 0.3) is 0 Å². The van der Waals surface area contributed by atoms with Gasteiger partial charge < -0.3 is 4.74 Å². The minimum atomic E-state index is -0.222. The molecule has 2 fully saturated rings. The smallest absolute Gasteiger partial charge is 0.238 e. The maximum atomic E-state index is 12.9. The quantitative estimate of drug-likeness (QED) is 0.622. The second kappa shape index (κ2) is 4.85. The van der Waals surface area contributed by atoms with Crippen LogP contribution in [0.2, 0.25) is 5.02 Å². The van der Waals surface area contributed by atoms with Crippen molar-refractivity contribution in [2.75, 3.05) is 12.0 Å². The topological polar surface area (TPSA) is 46.6 Å². The fourth-order valence-corrected chi connectivity index (χ4v) is 4.32. The van der Waals surface area contributed by atoms with Gasteiger partial charge in [0.15, 0.2) is 0 Å². The van der Waals surface area contributed by atoms with Gasteiger partial charge in [-0.3, -0.25) is 9.59 Å². The number of benzene rings is 1. The Balaban J connectivity index is 1.80. The van der Waals surface area contributed by atoms with E-state index in [0.29, 0.717) is 16.5 Å². The summed E-state index contributed by atoms with van der Waals surface area (Å²) in [4.78, 5) is 27.1. The van der Waals surface area contributed by atoms with E-state index in [-0.39, 0.29) is 35.5 Å². The minimum absolute atomic E-state index is 0.116. The number of allylic oxidation sites excluding steroid dienone is 2. The number of imide groups is 1. The zero-order chi connectivity index (χ0) is 15.4. The van der Waals surface area contributed by atoms with Gasteiger partial charge >= 0.3 is 0 Å². The first-order chi connectivity index (χ1) is 10.6. The molecule has 1 aromatic rings. The summed E-state index contributed by atoms with van der Waals surface area (Å²) in [7, 11) is 1.52. The third kappa shape index (κ3) is 1.76. The fraction of sp³-hybridized carbons (Fsp3) is 0.412. The zero-order valence-corrected chi connectivity index (χ0v) is 12.9. The van der Waals surface area contributed by atoms with Crippen molar-refractivity contribution in [1.29, 1.82) is 0 Å². The van der Waals surface area contributed by atoms with Crippen molar-refractivity contribution < 1.29 is 14.3 Å². The van der Waals surface area contributed by atoms with Crippen LogP contribution in [0.1, 0.15) is 12.8 Å². The van der Waals surface area contributed by atoms with Crippen LogP contribution in [0.4, 0.5) is 5.69 Å². The second-order valence-electron chi connectivity index (χ2n) is 6.17. The number of methoxy groups -OCH3 is 1. The summed E-state index contributed by atoms with van der Waals surface area (Å²) in [5, 5.41) is 0.479. The molecule has 4 aliphatic rings. The molecule has 0 radical (unpaired) electrons. The number of hydrogen-bond acceptors (Lipinski definition) is 3. The highest BCUT2D eigenvalue weighted by atomic mass is 35.5. The van der Waals surface area contributed by atoms with Gasteiger partial charge in [-0.1, -0.05) is 23.8 Å². The summed E-state index contributed by atoms with van der Waals surface area (Å²) in [6.07, 6.45) is 6.20. The van der Waals surface area contributed by atoms with E-state index in [2.05, 4.69) is 12.2 Å². The van der Waals surface area contributed by atoms with Gasteiger partial charge in [0, 0.05) is 5.02 Å². The Morgan fingerprint density at radius 3 is 2.18 bits per heavy atom. The minimum Gasteiger partial charge on any atom is -0.495 e. The van der Waals surface area contributed by atoms with Gasteiger partial charge in [-0.2, -0.15) is 0 Å². The first-order valence-electron chi connectivity index (χ1n) is 7.51. The predicted molar refractivity (Wildman–Crippen MR) is 82.8 cm³/mol. The zero-order valence-electron chi connectivity index (χ0n) is 12.2. The van der Waals surface area contributed by atoms with Gasteiger partial charge in [0.25, 0.3) is 0 Å². The SMILES string of the molecule is COc1ccc(Cl)cc1N1C(=O)[C@@H]2[C@@H](C1=O)[C@@H]1C=C[C@@H]2CC1. The Labute approximate surface area is 133 Å². The molecule has 0 N–H and O–H groups in total. The van der Waals surface area contributed by atoms with E-state index < -0.39 is 0 Å². The Morgan fingerprint density at radius 2 is 1.68 bits per heavy atom. The van der Waals surface area contributed by atoms with Crippen LogP contribution in [0.15, 0.2) is 30.4 Å². The van der Waals surface area contributed by atoms with E-state index in [9.17, 15) is 9.59 Å². The summed E-state index contributed by atoms with van der Waals surface area (Å²) in [5.41, 5.74) is 0.457. The number of carbonyl (C=O) groups excluding carboxylic acids is 2. The molecule has 1 aliphatic heterocycles. The monoisotopic (exact) mass is 317 g/mol. The largest absolute Gasteiger partial charge is 0.495 e. The van der Waals surface area contributed by atoms with Crippen molar-refractivity contribution in [1.82, 2.24) is 0 Å². The van der Waals surface area contributed by atoms with E-state index in [1.54, 1.807) is 18.2 Å². The van der Waals surface area contributed by atoms with Crippen LogP contribution in [-0.2, 0) is 9.59 Å². The van der Waals surface area contributed by atoms with Crippen molar-refractivity contribution in [2.24, 2.45) is 23.7 Å². The average Bonchev–Trinajstić information content (AvgIpc) is 2.82. The molecular weight excluding hydrogens is 302 g/mol. The molecule has 0 aromatic heterocycles. The molecule has 0 spiro atoms. The van der Waals surface area contributed by atoms with Crippen LogP contribution in [-0.4, -0.2) is 18.9 Å². The van der Waals surface area contributed by atoms with E-state index in [0.717, 1.165) is 12.8 Å². The Bertz CT molecular complexity index is 667. The molecule has 3 aliphatic carbocycles. The number of amides is 2. The first-order valence-corrected chi connectivity index (χ1v) is 7.89. The molecule has 4 nitrogen and oxygen atoms in total. The van der Waals surface area contributed by atoms with Gasteiger partial charge in [0.2, 0.25) is 11.8 Å². The Kier molecular flexibility index (Phi) is 3.05. The summed E-state index contributed by atoms with van der Waals surface area (Å²) in [6, 6.07) is 5.00. The lowest BCUT2D eigenvalue weighted by Gasteiger charge is -2.38. The third-order valence-corrected chi connectivity index (χ3v) is 5.38. The van der Waals surface area contributed by atoms with Crippen molar-refractivity contribution in [3.8, 4) is 5.75 Å². The number of halogens is 1. The number of nitrogens with zero attached hydrogens (tertiary/aromatic N) is 1. The Hall–Kier alpha value is -1.81. The van der Waals surface area contributed by atoms with Gasteiger partial charge in [-0.05, 0) is 42.9 Å². The second-order valence-corrected chi connectivity index (χ2v) is 6.61. The van der Waals surface area contributed by atoms with Crippen LogP contribution < -0.4 is 9.64 Å². The van der Waals surface area contributed by atoms with E-state index >= 15 is 0 Å². The number of hydrogen-bond donors (Lipinski definition) is 0. The van der Waals surface area contributed by atoms with Crippen LogP contribution in [0.3, 0.4) is 0 Å². The van der Waals surface area contributed by atoms with Crippen LogP contribution in [0, 0.1) is 23.7 Å². The standard InChI is InChI=1S/C17H16ClNO3/c1-22-13-7-6-11(18)8-12(13)19-16(20)14-9-2-3-10(5-4-9)15(14)17(19)21/h2-3,6-10,14-15H,4-5H2,1H3/t9-,10-,14+,15+/m1/s1. The molecule has 5 rings (SSSR count). The summed E-state index contributed by atoms with van der Waals surface area (Å²) < 4.78 is 5.31. The molecule has 2 bridgehead atoms. The van der Waals surface area contributed by atoms with Crippen molar-refractivity contribution >= 4 is 29.1 Å². The lowest BCUT2D eigenvalue weighted by Crippen LogP contribution is -2.38. The number of carbonyl (C=O) groups is 2. The van der Waals surface area contributed by atoms with E-state index in [1.165, 1.54) is 12.0 Å². The highest BCUT2D eigenvalue weighted by Crippen LogP contribution is 2.51. The number of rotatable bonds is 2. The third-order valence-electron chi connectivity index (χ3n) is 5.14. The molecule has 4 atom stereocenters. The van der Waals surface area contributed by atoms with Crippen molar-refractivity contribution in [2.45, 2.75) is 12.8 Å². The highest BCUT2D eigenvalue weighted by Gasteiger charge is 2.57. The van der Waals surface area contributed by atoms with Crippen LogP contribution in [0.5, 0.6) is 5.75 Å². The predicted octanol–water partition coefficient (Wildman–Crippen LogP) is 3.05. The molecule has 2 amide bonds. The summed E-state index contributed by atoms with van der Waals surface area (Å²) >= 11 is 6.05. The Morgan fingerprint density at radius 1 is 1.09 bits per heavy atom. The molecule has 5 heteroatoms. The van der Waals surface area contributed by atoms with Crippen LogP contribution >= 0.6 is 11.6 Å². The summed E-state index contributed by atoms with van der Waals surface area (Å²) in [6.45, 7) is 0. The molecule has 1 heterocycles. The van der Waals surface area contributed by atoms with Crippen molar-refractivity contribution in [3.05, 3.63) is 35.4 Å². The lowest BCUT2D eigenvalue weighted by atomic mass is 9.63. The maximum Gasteiger partial charge on any atom is 0.238 e. The van der Waals surface area contributed by atoms with Gasteiger partial charge in [0.1, 0.15) is 5.75 Å². The van der Waals surface area contributed by atoms with Gasteiger partial charge in [0.05, 0.1) is 24.6 Å². The van der Waals surface area contributed by atoms with Gasteiger partial charge in [-0.25, -0.2) is 4.90 Å². The van der Waals surface area contributed by atoms with E-state index in [1.807, 2.05) is 0 Å². The first kappa shape index (κ1) is 13.8. The maximum absolute atomic E-state index is 12.9. The number of fused-ring (bicyclic) bond motifs is 1. The highest BCUT2D eigenvalue weighted by molar-refractivity contribution is 6.31. The lowest BCUT2D eigenvalue weighted by molar-refractivity contribution is -0.124. The normalized spacial score (nSPS) is 32.5.